The molecule has 3 aromatic rings. The average Bonchev–Trinajstić information content (AvgIpc) is 2.78. The van der Waals surface area contributed by atoms with Crippen molar-refractivity contribution in [3.8, 4) is 0 Å². The summed E-state index contributed by atoms with van der Waals surface area (Å²) in [7, 11) is -2.50. The predicted octanol–water partition coefficient (Wildman–Crippen LogP) is 0.673. The number of rotatable bonds is 6. The number of nitrogens with one attached hydrogen (secondary N) is 3. The topological polar surface area (TPSA) is 139 Å². The highest BCUT2D eigenvalue weighted by atomic mass is 32.2. The molecule has 0 saturated heterocycles. The second-order valence-electron chi connectivity index (χ2n) is 6.86. The molecular weight excluding hydrogens is 434 g/mol. The second-order valence-corrected chi connectivity index (χ2v) is 8.46. The minimum Gasteiger partial charge on any atom is -0.271 e. The Labute approximate surface area is 184 Å². The molecule has 1 heterocycles. The number of hydrogen-bond acceptors (Lipinski definition) is 6. The first-order valence-corrected chi connectivity index (χ1v) is 11.0. The molecule has 1 atom stereocenters. The number of nitrogens with zero attached hydrogens (tertiary/aromatic N) is 2. The Bertz CT molecular complexity index is 1350. The van der Waals surface area contributed by atoms with Crippen LogP contribution in [0, 0.1) is 0 Å². The molecule has 0 saturated carbocycles. The molecule has 0 aliphatic heterocycles. The van der Waals surface area contributed by atoms with E-state index < -0.39 is 27.9 Å². The van der Waals surface area contributed by atoms with Crippen molar-refractivity contribution in [2.45, 2.75) is 13.0 Å². The number of carbonyl (C=O) groups excluding carboxylic acids is 2. The number of carbonyl (C=O) groups is 2. The third-order valence-electron chi connectivity index (χ3n) is 4.44. The molecule has 0 spiro atoms. The highest BCUT2D eigenvalue weighted by Crippen LogP contribution is 2.12. The molecule has 1 aromatic heterocycles. The third kappa shape index (κ3) is 5.45. The van der Waals surface area contributed by atoms with E-state index in [9.17, 15) is 22.8 Å². The third-order valence-corrected chi connectivity index (χ3v) is 5.62. The highest BCUT2D eigenvalue weighted by Gasteiger charge is 2.20. The van der Waals surface area contributed by atoms with Gasteiger partial charge in [0, 0.05) is 17.8 Å². The van der Waals surface area contributed by atoms with Gasteiger partial charge in [-0.2, -0.15) is 9.82 Å². The number of aromatic nitrogens is 2. The summed E-state index contributed by atoms with van der Waals surface area (Å²) in [5.74, 6) is -1.55. The lowest BCUT2D eigenvalue weighted by Crippen LogP contribution is -2.51. The van der Waals surface area contributed by atoms with Crippen LogP contribution < -0.4 is 21.1 Å². The minimum atomic E-state index is -3.91. The number of hydrazine groups is 1. The molecule has 0 fully saturated rings. The fraction of sp³-hybridized carbons (Fsp3) is 0.143. The molecule has 2 amide bonds. The van der Waals surface area contributed by atoms with Crippen molar-refractivity contribution in [3.05, 3.63) is 81.6 Å². The number of sulfonamides is 1. The largest absolute Gasteiger partial charge is 0.290 e. The van der Waals surface area contributed by atoms with E-state index in [4.69, 9.17) is 0 Å². The number of fused-ring (bicyclic) bond motifs is 1. The van der Waals surface area contributed by atoms with Crippen molar-refractivity contribution >= 4 is 38.7 Å². The number of aryl methyl sites for hydroxylation is 1. The van der Waals surface area contributed by atoms with E-state index in [1.54, 1.807) is 54.6 Å². The first-order valence-electron chi connectivity index (χ1n) is 9.49. The summed E-state index contributed by atoms with van der Waals surface area (Å²) in [6.45, 7) is 1.33. The molecule has 2 aromatic carbocycles. The number of benzene rings is 2. The summed E-state index contributed by atoms with van der Waals surface area (Å²) >= 11 is 0. The summed E-state index contributed by atoms with van der Waals surface area (Å²) < 4.78 is 27.6. The van der Waals surface area contributed by atoms with Gasteiger partial charge < -0.3 is 0 Å². The Morgan fingerprint density at radius 3 is 2.31 bits per heavy atom. The van der Waals surface area contributed by atoms with Gasteiger partial charge in [0.15, 0.2) is 5.69 Å². The normalized spacial score (nSPS) is 12.6. The van der Waals surface area contributed by atoms with Gasteiger partial charge >= 0.3 is 0 Å². The number of amides is 2. The maximum atomic E-state index is 12.5. The lowest BCUT2D eigenvalue weighted by atomic mass is 10.1. The molecule has 0 radical (unpaired) electrons. The van der Waals surface area contributed by atoms with E-state index in [0.717, 1.165) is 10.1 Å². The van der Waals surface area contributed by atoms with Crippen LogP contribution in [0.4, 0.5) is 0 Å². The molecule has 1 unspecified atom stereocenters. The zero-order valence-electron chi connectivity index (χ0n) is 17.3. The van der Waals surface area contributed by atoms with E-state index in [1.807, 2.05) is 0 Å². The van der Waals surface area contributed by atoms with Gasteiger partial charge in [0.2, 0.25) is 10.0 Å². The van der Waals surface area contributed by atoms with Gasteiger partial charge in [-0.25, -0.2) is 13.1 Å². The van der Waals surface area contributed by atoms with Gasteiger partial charge in [0.25, 0.3) is 17.4 Å². The maximum Gasteiger partial charge on any atom is 0.290 e. The first kappa shape index (κ1) is 22.8. The van der Waals surface area contributed by atoms with E-state index in [2.05, 4.69) is 20.7 Å². The Morgan fingerprint density at radius 1 is 1.00 bits per heavy atom. The fourth-order valence-electron chi connectivity index (χ4n) is 2.82. The fourth-order valence-corrected chi connectivity index (χ4v) is 3.84. The van der Waals surface area contributed by atoms with Crippen molar-refractivity contribution in [1.29, 1.82) is 0 Å². The molecule has 166 valence electrons. The lowest BCUT2D eigenvalue weighted by Gasteiger charge is -2.14. The van der Waals surface area contributed by atoms with Crippen molar-refractivity contribution < 1.29 is 18.0 Å². The van der Waals surface area contributed by atoms with Crippen molar-refractivity contribution in [2.24, 2.45) is 7.05 Å². The van der Waals surface area contributed by atoms with Crippen LogP contribution in [-0.2, 0) is 21.9 Å². The van der Waals surface area contributed by atoms with E-state index in [-0.39, 0.29) is 11.3 Å². The van der Waals surface area contributed by atoms with Crippen LogP contribution >= 0.6 is 0 Å². The smallest absolute Gasteiger partial charge is 0.271 e. The zero-order valence-corrected chi connectivity index (χ0v) is 18.1. The Kier molecular flexibility index (Phi) is 6.81. The zero-order chi connectivity index (χ0) is 23.3. The number of hydrogen-bond donors (Lipinski definition) is 3. The van der Waals surface area contributed by atoms with Gasteiger partial charge in [-0.15, -0.1) is 0 Å². The minimum absolute atomic E-state index is 0.0676. The molecule has 10 nitrogen and oxygen atoms in total. The van der Waals surface area contributed by atoms with Gasteiger partial charge in [-0.3, -0.25) is 25.2 Å². The maximum absolute atomic E-state index is 12.5. The van der Waals surface area contributed by atoms with Crippen LogP contribution in [0.15, 0.2) is 64.8 Å². The standard InChI is InChI=1S/C21H21N5O5S/c1-14(25-32(30,31)13-12-15-8-4-3-5-9-15)19(27)22-23-20(28)18-16-10-6-7-11-17(16)21(29)26(2)24-18/h3-14,25H,1-2H3,(H,22,27)(H,23,28)/b13-12+. The summed E-state index contributed by atoms with van der Waals surface area (Å²) in [6, 6.07) is 14.1. The predicted molar refractivity (Wildman–Crippen MR) is 120 cm³/mol. The molecule has 0 aliphatic rings. The van der Waals surface area contributed by atoms with E-state index in [0.29, 0.717) is 16.3 Å². The first-order chi connectivity index (χ1) is 15.2. The Balaban J connectivity index is 1.65. The van der Waals surface area contributed by atoms with E-state index >= 15 is 0 Å². The van der Waals surface area contributed by atoms with Crippen LogP contribution in [0.1, 0.15) is 23.0 Å². The lowest BCUT2D eigenvalue weighted by molar-refractivity contribution is -0.123. The van der Waals surface area contributed by atoms with Crippen LogP contribution in [-0.4, -0.2) is 36.1 Å². The molecule has 32 heavy (non-hydrogen) atoms. The second kappa shape index (κ2) is 9.54. The van der Waals surface area contributed by atoms with E-state index in [1.165, 1.54) is 20.0 Å². The summed E-state index contributed by atoms with van der Waals surface area (Å²) in [4.78, 5) is 37.0. The Hall–Kier alpha value is -3.83. The summed E-state index contributed by atoms with van der Waals surface area (Å²) in [5, 5.41) is 5.53. The molecular formula is C21H21N5O5S. The van der Waals surface area contributed by atoms with Crippen molar-refractivity contribution in [2.75, 3.05) is 0 Å². The van der Waals surface area contributed by atoms with Crippen LogP contribution in [0.3, 0.4) is 0 Å². The van der Waals surface area contributed by atoms with Gasteiger partial charge in [-0.05, 0) is 24.6 Å². The van der Waals surface area contributed by atoms with Gasteiger partial charge in [0.1, 0.15) is 0 Å². The van der Waals surface area contributed by atoms with Crippen LogP contribution in [0.25, 0.3) is 16.8 Å². The molecule has 11 heteroatoms. The van der Waals surface area contributed by atoms with Gasteiger partial charge in [0.05, 0.1) is 11.4 Å². The Morgan fingerprint density at radius 2 is 1.62 bits per heavy atom. The van der Waals surface area contributed by atoms with Crippen molar-refractivity contribution in [1.82, 2.24) is 25.4 Å². The van der Waals surface area contributed by atoms with Crippen LogP contribution in [0.2, 0.25) is 0 Å². The average molecular weight is 455 g/mol. The molecule has 3 rings (SSSR count). The molecule has 3 N–H and O–H groups in total. The van der Waals surface area contributed by atoms with Gasteiger partial charge in [-0.1, -0.05) is 48.5 Å². The summed E-state index contributed by atoms with van der Waals surface area (Å²) in [6.07, 6.45) is 1.39. The van der Waals surface area contributed by atoms with Crippen molar-refractivity contribution in [3.63, 3.8) is 0 Å². The monoisotopic (exact) mass is 455 g/mol. The van der Waals surface area contributed by atoms with Crippen LogP contribution in [0.5, 0.6) is 0 Å². The highest BCUT2D eigenvalue weighted by molar-refractivity contribution is 7.92. The quantitative estimate of drug-likeness (QED) is 0.467. The summed E-state index contributed by atoms with van der Waals surface area (Å²) in [5.41, 5.74) is 4.60. The molecule has 0 bridgehead atoms. The SMILES string of the molecule is CC(NS(=O)(=O)/C=C/c1ccccc1)C(=O)NNC(=O)c1nn(C)c(=O)c2ccccc12. The molecule has 0 aliphatic carbocycles.